The van der Waals surface area contributed by atoms with Crippen molar-refractivity contribution in [2.75, 3.05) is 24.9 Å². The molecule has 0 aliphatic carbocycles. The summed E-state index contributed by atoms with van der Waals surface area (Å²) in [5, 5.41) is 10.4. The van der Waals surface area contributed by atoms with E-state index in [1.54, 1.807) is 30.0 Å². The molecule has 3 aromatic rings. The maximum Gasteiger partial charge on any atom is 0.249 e. The Hall–Kier alpha value is -3.81. The Bertz CT molecular complexity index is 1100. The van der Waals surface area contributed by atoms with Gasteiger partial charge in [0, 0.05) is 11.1 Å². The van der Waals surface area contributed by atoms with Gasteiger partial charge in [0.25, 0.3) is 0 Å². The number of methoxy groups -OCH3 is 2. The summed E-state index contributed by atoms with van der Waals surface area (Å²) in [5.74, 6) is 1.24. The van der Waals surface area contributed by atoms with Crippen molar-refractivity contribution < 1.29 is 19.1 Å². The maximum absolute atomic E-state index is 13.1. The highest BCUT2D eigenvalue weighted by Crippen LogP contribution is 2.35. The molecule has 1 unspecified atom stereocenters. The SMILES string of the molecule is COc1ccc(-c2nn3c(c2C)NC(=O)CC3C(=O)Nc2ccccc2OC)cc1. The Morgan fingerprint density at radius 2 is 1.87 bits per heavy atom. The molecule has 1 aliphatic heterocycles. The van der Waals surface area contributed by atoms with Crippen LogP contribution in [0.25, 0.3) is 11.3 Å². The van der Waals surface area contributed by atoms with Crippen LogP contribution in [-0.2, 0) is 9.59 Å². The van der Waals surface area contributed by atoms with E-state index in [0.717, 1.165) is 16.9 Å². The number of rotatable bonds is 5. The molecule has 0 spiro atoms. The number of benzene rings is 2. The van der Waals surface area contributed by atoms with E-state index in [2.05, 4.69) is 15.7 Å². The second-order valence-corrected chi connectivity index (χ2v) is 6.95. The van der Waals surface area contributed by atoms with E-state index in [1.165, 1.54) is 7.11 Å². The number of anilines is 2. The molecule has 0 fully saturated rings. The van der Waals surface area contributed by atoms with E-state index in [-0.39, 0.29) is 18.2 Å². The highest BCUT2D eigenvalue weighted by molar-refractivity contribution is 6.02. The van der Waals surface area contributed by atoms with Gasteiger partial charge < -0.3 is 20.1 Å². The van der Waals surface area contributed by atoms with Crippen LogP contribution < -0.4 is 20.1 Å². The molecule has 1 atom stereocenters. The third-order valence-electron chi connectivity index (χ3n) is 5.11. The zero-order valence-corrected chi connectivity index (χ0v) is 16.9. The Morgan fingerprint density at radius 1 is 1.13 bits per heavy atom. The van der Waals surface area contributed by atoms with Crippen LogP contribution in [0.1, 0.15) is 18.0 Å². The Balaban J connectivity index is 1.69. The average molecular weight is 406 g/mol. The lowest BCUT2D eigenvalue weighted by Crippen LogP contribution is -2.36. The van der Waals surface area contributed by atoms with Gasteiger partial charge in [-0.05, 0) is 43.3 Å². The van der Waals surface area contributed by atoms with Crippen molar-refractivity contribution in [3.05, 3.63) is 54.1 Å². The molecule has 2 amide bonds. The van der Waals surface area contributed by atoms with Crippen LogP contribution in [0.2, 0.25) is 0 Å². The van der Waals surface area contributed by atoms with Crippen LogP contribution in [0.4, 0.5) is 11.5 Å². The Kier molecular flexibility index (Phi) is 5.14. The first-order chi connectivity index (χ1) is 14.5. The molecule has 8 heteroatoms. The molecule has 2 heterocycles. The molecule has 1 aromatic heterocycles. The van der Waals surface area contributed by atoms with Gasteiger partial charge in [-0.15, -0.1) is 0 Å². The van der Waals surface area contributed by atoms with Gasteiger partial charge in [-0.3, -0.25) is 9.59 Å². The Morgan fingerprint density at radius 3 is 2.57 bits per heavy atom. The zero-order chi connectivity index (χ0) is 21.3. The lowest BCUT2D eigenvalue weighted by atomic mass is 10.1. The van der Waals surface area contributed by atoms with Crippen LogP contribution >= 0.6 is 0 Å². The molecule has 4 rings (SSSR count). The van der Waals surface area contributed by atoms with E-state index < -0.39 is 6.04 Å². The molecule has 0 saturated heterocycles. The van der Waals surface area contributed by atoms with Gasteiger partial charge in [0.2, 0.25) is 11.8 Å². The van der Waals surface area contributed by atoms with E-state index in [0.29, 0.717) is 22.9 Å². The van der Waals surface area contributed by atoms with Crippen LogP contribution in [0.3, 0.4) is 0 Å². The monoisotopic (exact) mass is 406 g/mol. The van der Waals surface area contributed by atoms with Crippen molar-refractivity contribution in [2.24, 2.45) is 0 Å². The second-order valence-electron chi connectivity index (χ2n) is 6.95. The van der Waals surface area contributed by atoms with Crippen LogP contribution in [0.15, 0.2) is 48.5 Å². The van der Waals surface area contributed by atoms with Crippen LogP contribution in [0.5, 0.6) is 11.5 Å². The summed E-state index contributed by atoms with van der Waals surface area (Å²) >= 11 is 0. The van der Waals surface area contributed by atoms with Crippen molar-refractivity contribution in [2.45, 2.75) is 19.4 Å². The molecular formula is C22H22N4O4. The molecule has 2 aromatic carbocycles. The predicted molar refractivity (Wildman–Crippen MR) is 113 cm³/mol. The summed E-state index contributed by atoms with van der Waals surface area (Å²) in [4.78, 5) is 25.4. The molecule has 1 aliphatic rings. The lowest BCUT2D eigenvalue weighted by Gasteiger charge is -2.24. The number of amides is 2. The first kappa shape index (κ1) is 19.5. The van der Waals surface area contributed by atoms with Gasteiger partial charge in [-0.25, -0.2) is 4.68 Å². The number of ether oxygens (including phenoxy) is 2. The van der Waals surface area contributed by atoms with E-state index in [9.17, 15) is 9.59 Å². The quantitative estimate of drug-likeness (QED) is 0.677. The number of nitrogens with one attached hydrogen (secondary N) is 2. The minimum absolute atomic E-state index is 0.00282. The van der Waals surface area contributed by atoms with Crippen molar-refractivity contribution in [3.63, 3.8) is 0 Å². The van der Waals surface area contributed by atoms with Crippen molar-refractivity contribution in [1.82, 2.24) is 9.78 Å². The molecule has 30 heavy (non-hydrogen) atoms. The smallest absolute Gasteiger partial charge is 0.249 e. The van der Waals surface area contributed by atoms with Crippen LogP contribution in [-0.4, -0.2) is 35.8 Å². The highest BCUT2D eigenvalue weighted by atomic mass is 16.5. The van der Waals surface area contributed by atoms with Gasteiger partial charge in [-0.2, -0.15) is 5.10 Å². The summed E-state index contributed by atoms with van der Waals surface area (Å²) in [6, 6.07) is 13.8. The number of carbonyl (C=O) groups excluding carboxylic acids is 2. The number of hydrogen-bond acceptors (Lipinski definition) is 5. The lowest BCUT2D eigenvalue weighted by molar-refractivity contribution is -0.125. The zero-order valence-electron chi connectivity index (χ0n) is 16.9. The highest BCUT2D eigenvalue weighted by Gasteiger charge is 2.34. The third-order valence-corrected chi connectivity index (χ3v) is 5.11. The normalized spacial score (nSPS) is 15.2. The summed E-state index contributed by atoms with van der Waals surface area (Å²) in [5.41, 5.74) is 2.90. The number of nitrogens with zero attached hydrogens (tertiary/aromatic N) is 2. The summed E-state index contributed by atoms with van der Waals surface area (Å²) < 4.78 is 12.1. The van der Waals surface area contributed by atoms with Gasteiger partial charge in [0.1, 0.15) is 23.4 Å². The molecule has 0 bridgehead atoms. The number of hydrogen-bond donors (Lipinski definition) is 2. The van der Waals surface area contributed by atoms with Gasteiger partial charge >= 0.3 is 0 Å². The van der Waals surface area contributed by atoms with E-state index in [4.69, 9.17) is 9.47 Å². The van der Waals surface area contributed by atoms with E-state index >= 15 is 0 Å². The van der Waals surface area contributed by atoms with Crippen molar-refractivity contribution >= 4 is 23.3 Å². The van der Waals surface area contributed by atoms with E-state index in [1.807, 2.05) is 37.3 Å². The largest absolute Gasteiger partial charge is 0.497 e. The van der Waals surface area contributed by atoms with Gasteiger partial charge in [0.05, 0.1) is 32.0 Å². The van der Waals surface area contributed by atoms with Crippen molar-refractivity contribution in [3.8, 4) is 22.8 Å². The van der Waals surface area contributed by atoms with Gasteiger partial charge in [-0.1, -0.05) is 12.1 Å². The number of para-hydroxylation sites is 2. The molecule has 8 nitrogen and oxygen atoms in total. The molecule has 2 N–H and O–H groups in total. The fraction of sp³-hybridized carbons (Fsp3) is 0.227. The minimum Gasteiger partial charge on any atom is -0.497 e. The molecule has 154 valence electrons. The number of fused-ring (bicyclic) bond motifs is 1. The fourth-order valence-corrected chi connectivity index (χ4v) is 3.53. The first-order valence-corrected chi connectivity index (χ1v) is 9.49. The molecule has 0 saturated carbocycles. The van der Waals surface area contributed by atoms with Gasteiger partial charge in [0.15, 0.2) is 0 Å². The number of aromatic nitrogens is 2. The summed E-state index contributed by atoms with van der Waals surface area (Å²) in [7, 11) is 3.14. The second kappa shape index (κ2) is 7.90. The van der Waals surface area contributed by atoms with Crippen LogP contribution in [0, 0.1) is 6.92 Å². The predicted octanol–water partition coefficient (Wildman–Crippen LogP) is 3.40. The summed E-state index contributed by atoms with van der Waals surface area (Å²) in [6.45, 7) is 1.87. The minimum atomic E-state index is -0.774. The fourth-order valence-electron chi connectivity index (χ4n) is 3.53. The third kappa shape index (κ3) is 3.47. The molecule has 0 radical (unpaired) electrons. The average Bonchev–Trinajstić information content (AvgIpc) is 3.10. The number of carbonyl (C=O) groups is 2. The maximum atomic E-state index is 13.1. The topological polar surface area (TPSA) is 94.5 Å². The standard InChI is InChI=1S/C22H22N4O4/c1-13-20(14-8-10-15(29-2)11-9-14)25-26-17(12-19(27)24-21(13)26)22(28)23-16-6-4-5-7-18(16)30-3/h4-11,17H,12H2,1-3H3,(H,23,28)(H,24,27). The first-order valence-electron chi connectivity index (χ1n) is 9.49. The molecular weight excluding hydrogens is 384 g/mol. The van der Waals surface area contributed by atoms with Crippen molar-refractivity contribution in [1.29, 1.82) is 0 Å². The Labute approximate surface area is 173 Å². The summed E-state index contributed by atoms with van der Waals surface area (Å²) in [6.07, 6.45) is -0.00282.